The second-order valence-electron chi connectivity index (χ2n) is 7.68. The molecule has 0 aliphatic carbocycles. The molecule has 29 heavy (non-hydrogen) atoms. The number of anilines is 1. The summed E-state index contributed by atoms with van der Waals surface area (Å²) in [6.07, 6.45) is 3.95. The van der Waals surface area contributed by atoms with E-state index in [2.05, 4.69) is 21.3 Å². The lowest BCUT2D eigenvalue weighted by molar-refractivity contribution is -0.115. The summed E-state index contributed by atoms with van der Waals surface area (Å²) in [5.41, 5.74) is 5.38. The van der Waals surface area contributed by atoms with Gasteiger partial charge in [-0.2, -0.15) is 0 Å². The number of amidine groups is 1. The van der Waals surface area contributed by atoms with Crippen molar-refractivity contribution in [1.29, 1.82) is 0 Å². The summed E-state index contributed by atoms with van der Waals surface area (Å²) in [5.74, 6) is -0.446. The molecule has 0 atom stereocenters. The number of carbonyl (C=O) groups is 1. The third kappa shape index (κ3) is 4.37. The molecule has 4 nitrogen and oxygen atoms in total. The first-order chi connectivity index (χ1) is 13.9. The maximum absolute atomic E-state index is 14.7. The summed E-state index contributed by atoms with van der Waals surface area (Å²) in [6, 6.07) is 9.45. The van der Waals surface area contributed by atoms with Crippen LogP contribution in [0, 0.1) is 26.6 Å². The largest absolute Gasteiger partial charge is 0.369 e. The molecular weight excluding hydrogens is 385 g/mol. The Hall–Kier alpha value is -2.60. The maximum atomic E-state index is 14.7. The van der Waals surface area contributed by atoms with E-state index in [4.69, 9.17) is 0 Å². The Labute approximate surface area is 174 Å². The molecule has 2 fully saturated rings. The Morgan fingerprint density at radius 3 is 2.45 bits per heavy atom. The van der Waals surface area contributed by atoms with Crippen molar-refractivity contribution in [3.05, 3.63) is 63.3 Å². The molecule has 2 heterocycles. The molecular formula is C23H24FN3OS. The molecule has 6 heteroatoms. The van der Waals surface area contributed by atoms with E-state index in [1.165, 1.54) is 17.8 Å². The predicted octanol–water partition coefficient (Wildman–Crippen LogP) is 5.24. The van der Waals surface area contributed by atoms with Crippen molar-refractivity contribution in [1.82, 2.24) is 5.32 Å². The van der Waals surface area contributed by atoms with Crippen molar-refractivity contribution in [3.8, 4) is 0 Å². The fraction of sp³-hybridized carbons (Fsp3) is 0.304. The monoisotopic (exact) mass is 409 g/mol. The quantitative estimate of drug-likeness (QED) is 0.705. The number of thioether (sulfide) groups is 1. The molecule has 2 saturated heterocycles. The summed E-state index contributed by atoms with van der Waals surface area (Å²) in [5, 5.41) is 3.35. The number of benzene rings is 2. The molecule has 0 radical (unpaired) electrons. The zero-order chi connectivity index (χ0) is 20.5. The van der Waals surface area contributed by atoms with Crippen LogP contribution in [-0.2, 0) is 4.79 Å². The van der Waals surface area contributed by atoms with Gasteiger partial charge < -0.3 is 10.2 Å². The standard InChI is InChI=1S/C23H24FN3OS/c1-14-8-15(2)10-18(9-14)25-23-26-22(28)21(29-23)13-17-12-19(24)20(11-16(17)3)27-6-4-5-7-27/h8-13H,4-7H2,1-3H3,(H,25,26,28)/b21-13-. The number of halogens is 1. The van der Waals surface area contributed by atoms with Crippen LogP contribution in [-0.4, -0.2) is 24.2 Å². The third-order valence-electron chi connectivity index (χ3n) is 5.16. The predicted molar refractivity (Wildman–Crippen MR) is 119 cm³/mol. The second-order valence-corrected chi connectivity index (χ2v) is 8.71. The Kier molecular flexibility index (Phi) is 5.46. The average Bonchev–Trinajstić information content (AvgIpc) is 3.27. The second kappa shape index (κ2) is 8.03. The number of hydrogen-bond acceptors (Lipinski definition) is 4. The van der Waals surface area contributed by atoms with E-state index in [1.807, 2.05) is 39.0 Å². The summed E-state index contributed by atoms with van der Waals surface area (Å²) in [6.45, 7) is 7.78. The van der Waals surface area contributed by atoms with Crippen LogP contribution in [0.25, 0.3) is 6.08 Å². The number of amides is 1. The summed E-state index contributed by atoms with van der Waals surface area (Å²) in [4.78, 5) is 19.6. The van der Waals surface area contributed by atoms with Crippen molar-refractivity contribution in [2.24, 2.45) is 4.99 Å². The highest BCUT2D eigenvalue weighted by Gasteiger charge is 2.25. The van der Waals surface area contributed by atoms with E-state index in [9.17, 15) is 9.18 Å². The van der Waals surface area contributed by atoms with Crippen LogP contribution in [0.3, 0.4) is 0 Å². The van der Waals surface area contributed by atoms with Gasteiger partial charge in [0.25, 0.3) is 5.91 Å². The Bertz CT molecular complexity index is 1020. The van der Waals surface area contributed by atoms with Crippen LogP contribution >= 0.6 is 11.8 Å². The van der Waals surface area contributed by atoms with Crippen LogP contribution in [0.5, 0.6) is 0 Å². The molecule has 2 aromatic rings. The molecule has 2 aromatic carbocycles. The van der Waals surface area contributed by atoms with Crippen molar-refractivity contribution in [2.45, 2.75) is 33.6 Å². The summed E-state index contributed by atoms with van der Waals surface area (Å²) >= 11 is 1.28. The molecule has 2 aliphatic heterocycles. The van der Waals surface area contributed by atoms with Crippen molar-refractivity contribution in [3.63, 3.8) is 0 Å². The van der Waals surface area contributed by atoms with Crippen molar-refractivity contribution < 1.29 is 9.18 Å². The number of carbonyl (C=O) groups excluding carboxylic acids is 1. The van der Waals surface area contributed by atoms with Gasteiger partial charge in [0, 0.05) is 13.1 Å². The lowest BCUT2D eigenvalue weighted by Gasteiger charge is -2.19. The highest BCUT2D eigenvalue weighted by Crippen LogP contribution is 2.32. The maximum Gasteiger partial charge on any atom is 0.264 e. The number of nitrogens with one attached hydrogen (secondary N) is 1. The van der Waals surface area contributed by atoms with E-state index in [1.54, 1.807) is 6.08 Å². The zero-order valence-electron chi connectivity index (χ0n) is 16.9. The minimum atomic E-state index is -0.239. The fourth-order valence-corrected chi connectivity index (χ4v) is 4.62. The van der Waals surface area contributed by atoms with E-state index in [0.29, 0.717) is 15.8 Å². The van der Waals surface area contributed by atoms with E-state index < -0.39 is 0 Å². The van der Waals surface area contributed by atoms with E-state index in [-0.39, 0.29) is 11.7 Å². The van der Waals surface area contributed by atoms with Gasteiger partial charge in [-0.15, -0.1) is 0 Å². The Balaban J connectivity index is 1.59. The number of hydrogen-bond donors (Lipinski definition) is 1. The lowest BCUT2D eigenvalue weighted by Crippen LogP contribution is -2.19. The SMILES string of the molecule is Cc1cc(C)cc(N=C2NC(=O)/C(=C/c3cc(F)c(N4CCCC4)cc3C)S2)c1. The van der Waals surface area contributed by atoms with Gasteiger partial charge in [-0.3, -0.25) is 4.79 Å². The van der Waals surface area contributed by atoms with E-state index in [0.717, 1.165) is 53.9 Å². The minimum absolute atomic E-state index is 0.207. The van der Waals surface area contributed by atoms with Gasteiger partial charge in [0.2, 0.25) is 0 Å². The number of aryl methyl sites for hydroxylation is 3. The lowest BCUT2D eigenvalue weighted by atomic mass is 10.1. The topological polar surface area (TPSA) is 44.7 Å². The van der Waals surface area contributed by atoms with Crippen LogP contribution in [0.1, 0.15) is 35.1 Å². The molecule has 150 valence electrons. The van der Waals surface area contributed by atoms with Gasteiger partial charge >= 0.3 is 0 Å². The van der Waals surface area contributed by atoms with Gasteiger partial charge in [0.05, 0.1) is 16.3 Å². The molecule has 4 rings (SSSR count). The molecule has 0 spiro atoms. The minimum Gasteiger partial charge on any atom is -0.369 e. The highest BCUT2D eigenvalue weighted by molar-refractivity contribution is 8.18. The molecule has 2 aliphatic rings. The fourth-order valence-electron chi connectivity index (χ4n) is 3.79. The zero-order valence-corrected chi connectivity index (χ0v) is 17.7. The molecule has 1 N–H and O–H groups in total. The molecule has 0 bridgehead atoms. The van der Waals surface area contributed by atoms with Gasteiger partial charge in [0.15, 0.2) is 5.17 Å². The first-order valence-corrected chi connectivity index (χ1v) is 10.6. The molecule has 1 amide bonds. The van der Waals surface area contributed by atoms with Crippen LogP contribution in [0.2, 0.25) is 0 Å². The smallest absolute Gasteiger partial charge is 0.264 e. The molecule has 0 aromatic heterocycles. The van der Waals surface area contributed by atoms with E-state index >= 15 is 0 Å². The van der Waals surface area contributed by atoms with Gasteiger partial charge in [-0.05, 0) is 98.0 Å². The Morgan fingerprint density at radius 1 is 1.07 bits per heavy atom. The van der Waals surface area contributed by atoms with Gasteiger partial charge in [-0.1, -0.05) is 6.07 Å². The van der Waals surface area contributed by atoms with Crippen LogP contribution in [0.15, 0.2) is 40.2 Å². The van der Waals surface area contributed by atoms with Gasteiger partial charge in [0.1, 0.15) is 5.82 Å². The molecule has 0 saturated carbocycles. The van der Waals surface area contributed by atoms with Crippen LogP contribution in [0.4, 0.5) is 15.8 Å². The Morgan fingerprint density at radius 2 is 1.76 bits per heavy atom. The first-order valence-electron chi connectivity index (χ1n) is 9.82. The summed E-state index contributed by atoms with van der Waals surface area (Å²) < 4.78 is 14.7. The normalized spacial score (nSPS) is 19.4. The first kappa shape index (κ1) is 19.7. The molecule has 0 unspecified atom stereocenters. The highest BCUT2D eigenvalue weighted by atomic mass is 32.2. The number of nitrogens with zero attached hydrogens (tertiary/aromatic N) is 2. The average molecular weight is 410 g/mol. The van der Waals surface area contributed by atoms with Gasteiger partial charge in [-0.25, -0.2) is 9.38 Å². The number of aliphatic imine (C=N–C) groups is 1. The third-order valence-corrected chi connectivity index (χ3v) is 6.07. The van der Waals surface area contributed by atoms with Crippen molar-refractivity contribution >= 4 is 40.3 Å². The number of rotatable bonds is 3. The van der Waals surface area contributed by atoms with Crippen molar-refractivity contribution in [2.75, 3.05) is 18.0 Å². The van der Waals surface area contributed by atoms with Crippen LogP contribution < -0.4 is 10.2 Å². The summed E-state index contributed by atoms with van der Waals surface area (Å²) in [7, 11) is 0.